The molecule has 0 saturated carbocycles. The molecular weight excluding hydrogens is 485 g/mol. The van der Waals surface area contributed by atoms with Crippen molar-refractivity contribution in [1.29, 1.82) is 0 Å². The van der Waals surface area contributed by atoms with Gasteiger partial charge in [0, 0.05) is 11.3 Å². The molecule has 5 rings (SSSR count). The molecule has 0 aliphatic carbocycles. The molecule has 0 spiro atoms. The van der Waals surface area contributed by atoms with Crippen molar-refractivity contribution >= 4 is 23.1 Å². The quantitative estimate of drug-likeness (QED) is 0.172. The molecule has 4 aromatic rings. The number of rotatable bonds is 7. The number of hydrogen-bond donors (Lipinski definition) is 1. The average molecular weight is 510 g/mol. The van der Waals surface area contributed by atoms with Crippen molar-refractivity contribution in [3.8, 4) is 17.2 Å². The Kier molecular flexibility index (Phi) is 6.91. The number of aliphatic hydroxyl groups is 1. The monoisotopic (exact) mass is 509 g/mol. The van der Waals surface area contributed by atoms with Gasteiger partial charge < -0.3 is 14.6 Å². The Labute approximate surface area is 219 Å². The van der Waals surface area contributed by atoms with Crippen LogP contribution in [0.1, 0.15) is 24.1 Å². The molecule has 38 heavy (non-hydrogen) atoms. The lowest BCUT2D eigenvalue weighted by Crippen LogP contribution is -2.29. The van der Waals surface area contributed by atoms with Crippen molar-refractivity contribution in [2.75, 3.05) is 11.5 Å². The fraction of sp³-hybridized carbons (Fsp3) is 0.0968. The molecule has 1 fully saturated rings. The van der Waals surface area contributed by atoms with Crippen LogP contribution in [0, 0.1) is 5.82 Å². The van der Waals surface area contributed by atoms with Gasteiger partial charge in [0.2, 0.25) is 0 Å². The van der Waals surface area contributed by atoms with Gasteiger partial charge in [0.1, 0.15) is 28.8 Å². The average Bonchev–Trinajstić information content (AvgIpc) is 3.20. The Balaban J connectivity index is 1.64. The minimum Gasteiger partial charge on any atom is -0.507 e. The van der Waals surface area contributed by atoms with Crippen LogP contribution in [0.5, 0.6) is 17.2 Å². The molecule has 0 bridgehead atoms. The first-order valence-corrected chi connectivity index (χ1v) is 12.1. The second-order valence-corrected chi connectivity index (χ2v) is 8.59. The van der Waals surface area contributed by atoms with Gasteiger partial charge in [0.05, 0.1) is 18.2 Å². The number of amides is 1. The first-order valence-electron chi connectivity index (χ1n) is 12.1. The second-order valence-electron chi connectivity index (χ2n) is 8.59. The van der Waals surface area contributed by atoms with Crippen molar-refractivity contribution in [3.05, 3.63) is 126 Å². The van der Waals surface area contributed by atoms with E-state index in [-0.39, 0.29) is 17.0 Å². The molecule has 1 aliphatic heterocycles. The Bertz CT molecular complexity index is 1520. The maximum absolute atomic E-state index is 14.2. The van der Waals surface area contributed by atoms with Gasteiger partial charge in [-0.3, -0.25) is 14.5 Å². The first kappa shape index (κ1) is 24.8. The largest absolute Gasteiger partial charge is 0.507 e. The van der Waals surface area contributed by atoms with Crippen LogP contribution in [-0.2, 0) is 9.59 Å². The van der Waals surface area contributed by atoms with Crippen LogP contribution in [0.4, 0.5) is 10.1 Å². The van der Waals surface area contributed by atoms with Gasteiger partial charge in [0.15, 0.2) is 0 Å². The third-order valence-electron chi connectivity index (χ3n) is 6.12. The number of nitrogens with zero attached hydrogens (tertiary/aromatic N) is 1. The minimum atomic E-state index is -1.03. The number of halogens is 1. The normalized spacial score (nSPS) is 16.5. The lowest BCUT2D eigenvalue weighted by atomic mass is 9.95. The molecule has 1 aliphatic rings. The summed E-state index contributed by atoms with van der Waals surface area (Å²) in [6.07, 6.45) is 0. The van der Waals surface area contributed by atoms with Gasteiger partial charge in [-0.1, -0.05) is 36.4 Å². The summed E-state index contributed by atoms with van der Waals surface area (Å²) in [6.45, 7) is 2.34. The van der Waals surface area contributed by atoms with Crippen LogP contribution < -0.4 is 14.4 Å². The van der Waals surface area contributed by atoms with E-state index in [1.165, 1.54) is 23.1 Å². The second kappa shape index (κ2) is 10.6. The van der Waals surface area contributed by atoms with E-state index in [4.69, 9.17) is 9.47 Å². The number of hydrogen-bond acceptors (Lipinski definition) is 5. The van der Waals surface area contributed by atoms with Gasteiger partial charge in [-0.25, -0.2) is 4.39 Å². The van der Waals surface area contributed by atoms with Crippen LogP contribution in [0.2, 0.25) is 0 Å². The third-order valence-corrected chi connectivity index (χ3v) is 6.12. The minimum absolute atomic E-state index is 0.111. The maximum Gasteiger partial charge on any atom is 0.300 e. The zero-order chi connectivity index (χ0) is 26.6. The summed E-state index contributed by atoms with van der Waals surface area (Å²) in [7, 11) is 0. The SMILES string of the molecule is CCOc1ccc(/C(O)=C2\C(=O)C(=O)N(c3cccc(F)c3)C2c2cccc(Oc3ccccc3)c2)cc1. The number of para-hydroxylation sites is 1. The van der Waals surface area contributed by atoms with Crippen molar-refractivity contribution in [2.24, 2.45) is 0 Å². The number of Topliss-reactive ketones (excluding diaryl/α,β-unsaturated/α-hetero) is 1. The molecule has 0 aromatic heterocycles. The molecule has 190 valence electrons. The molecule has 6 nitrogen and oxygen atoms in total. The number of carbonyl (C=O) groups is 2. The number of anilines is 1. The third kappa shape index (κ3) is 4.86. The zero-order valence-electron chi connectivity index (χ0n) is 20.5. The van der Waals surface area contributed by atoms with E-state index in [0.29, 0.717) is 35.0 Å². The molecule has 4 aromatic carbocycles. The van der Waals surface area contributed by atoms with Gasteiger partial charge >= 0.3 is 0 Å². The van der Waals surface area contributed by atoms with Crippen molar-refractivity contribution in [2.45, 2.75) is 13.0 Å². The van der Waals surface area contributed by atoms with Crippen molar-refractivity contribution in [3.63, 3.8) is 0 Å². The summed E-state index contributed by atoms with van der Waals surface area (Å²) >= 11 is 0. The number of benzene rings is 4. The molecule has 0 radical (unpaired) electrons. The standard InChI is InChI=1S/C31H24FNO5/c1-2-37-24-16-14-20(15-17-24)29(34)27-28(33(31(36)30(27)35)23-10-7-9-22(32)19-23)21-8-6-13-26(18-21)38-25-11-4-3-5-12-25/h3-19,28,34H,2H2,1H3/b29-27+. The van der Waals surface area contributed by atoms with E-state index in [0.717, 1.165) is 0 Å². The van der Waals surface area contributed by atoms with Crippen molar-refractivity contribution < 1.29 is 28.6 Å². The Morgan fingerprint density at radius 2 is 1.55 bits per heavy atom. The summed E-state index contributed by atoms with van der Waals surface area (Å²) in [6, 6.07) is 27.0. The van der Waals surface area contributed by atoms with Crippen LogP contribution in [-0.4, -0.2) is 23.4 Å². The lowest BCUT2D eigenvalue weighted by Gasteiger charge is -2.26. The van der Waals surface area contributed by atoms with Crippen LogP contribution in [0.15, 0.2) is 109 Å². The summed E-state index contributed by atoms with van der Waals surface area (Å²) in [5, 5.41) is 11.3. The maximum atomic E-state index is 14.2. The number of aliphatic hydroxyl groups excluding tert-OH is 1. The van der Waals surface area contributed by atoms with E-state index in [2.05, 4.69) is 0 Å². The fourth-order valence-corrected chi connectivity index (χ4v) is 4.44. The van der Waals surface area contributed by atoms with Gasteiger partial charge in [0.25, 0.3) is 11.7 Å². The molecule has 7 heteroatoms. The van der Waals surface area contributed by atoms with E-state index in [1.54, 1.807) is 66.7 Å². The molecule has 1 amide bonds. The van der Waals surface area contributed by atoms with Gasteiger partial charge in [-0.05, 0) is 79.2 Å². The van der Waals surface area contributed by atoms with E-state index < -0.39 is 23.5 Å². The van der Waals surface area contributed by atoms with Crippen LogP contribution >= 0.6 is 0 Å². The number of ketones is 1. The fourth-order valence-electron chi connectivity index (χ4n) is 4.44. The summed E-state index contributed by atoms with van der Waals surface area (Å²) in [5.41, 5.74) is 0.930. The molecule has 1 saturated heterocycles. The summed E-state index contributed by atoms with van der Waals surface area (Å²) in [4.78, 5) is 27.9. The van der Waals surface area contributed by atoms with Crippen molar-refractivity contribution in [1.82, 2.24) is 0 Å². The summed E-state index contributed by atoms with van der Waals surface area (Å²) < 4.78 is 25.6. The topological polar surface area (TPSA) is 76.1 Å². The number of carbonyl (C=O) groups excluding carboxylic acids is 2. The predicted octanol–water partition coefficient (Wildman–Crippen LogP) is 6.64. The van der Waals surface area contributed by atoms with Gasteiger partial charge in [-0.2, -0.15) is 0 Å². The van der Waals surface area contributed by atoms with E-state index >= 15 is 0 Å². The Hall–Kier alpha value is -4.91. The van der Waals surface area contributed by atoms with Gasteiger partial charge in [-0.15, -0.1) is 0 Å². The highest BCUT2D eigenvalue weighted by molar-refractivity contribution is 6.51. The van der Waals surface area contributed by atoms with E-state index in [9.17, 15) is 19.1 Å². The zero-order valence-corrected chi connectivity index (χ0v) is 20.5. The van der Waals surface area contributed by atoms with Crippen LogP contribution in [0.3, 0.4) is 0 Å². The Morgan fingerprint density at radius 1 is 0.842 bits per heavy atom. The highest BCUT2D eigenvalue weighted by atomic mass is 19.1. The smallest absolute Gasteiger partial charge is 0.300 e. The molecule has 1 unspecified atom stereocenters. The van der Waals surface area contributed by atoms with Crippen LogP contribution in [0.25, 0.3) is 5.76 Å². The lowest BCUT2D eigenvalue weighted by molar-refractivity contribution is -0.132. The summed E-state index contributed by atoms with van der Waals surface area (Å²) in [5.74, 6) is -0.965. The highest BCUT2D eigenvalue weighted by Gasteiger charge is 2.47. The highest BCUT2D eigenvalue weighted by Crippen LogP contribution is 2.43. The molecular formula is C31H24FNO5. The molecule has 1 heterocycles. The Morgan fingerprint density at radius 3 is 2.26 bits per heavy atom. The predicted molar refractivity (Wildman–Crippen MR) is 142 cm³/mol. The number of ether oxygens (including phenoxy) is 2. The van der Waals surface area contributed by atoms with E-state index in [1.807, 2.05) is 25.1 Å². The molecule has 1 N–H and O–H groups in total. The first-order chi connectivity index (χ1) is 18.5. The molecule has 1 atom stereocenters.